The molecule has 2 aromatic carbocycles. The summed E-state index contributed by atoms with van der Waals surface area (Å²) in [7, 11) is -2.37. The van der Waals surface area contributed by atoms with Crippen LogP contribution in [-0.4, -0.2) is 59.5 Å². The molecule has 0 spiro atoms. The summed E-state index contributed by atoms with van der Waals surface area (Å²) in [6, 6.07) is 10.5. The highest BCUT2D eigenvalue weighted by Gasteiger charge is 2.74. The Hall–Kier alpha value is -3.92. The number of methoxy groups -OCH3 is 2. The summed E-state index contributed by atoms with van der Waals surface area (Å²) < 4.78 is 118. The number of halogens is 5. The molecule has 1 fully saturated rings. The number of phosphoric ester groups is 1. The third-order valence-electron chi connectivity index (χ3n) is 6.09. The Morgan fingerprint density at radius 3 is 1.95 bits per heavy atom. The van der Waals surface area contributed by atoms with Gasteiger partial charge >= 0.3 is 19.4 Å². The highest BCUT2D eigenvalue weighted by molar-refractivity contribution is 7.49. The Bertz CT molecular complexity index is 1460. The molecule has 3 atom stereocenters. The van der Waals surface area contributed by atoms with E-state index in [-0.39, 0.29) is 22.3 Å². The lowest BCUT2D eigenvalue weighted by molar-refractivity contribution is -0.242. The largest absolute Gasteiger partial charge is 0.587 e. The standard InChI is InChI=1S/C24H23F5N3O9P/c1-36-13-3-7-15(8-4-13)40-42(35,41-16-9-5-14(37-2)6-10-16)38-12-23(21(26)27)24(28,29)18(33)20(39-23)32-11-17(25)19(30)31-22(32)34/h3-11,18,20-21,33H,12H2,1-2H3,(H2,30,31,34)/t18?,20-,23+/m1/s1. The van der Waals surface area contributed by atoms with Gasteiger partial charge in [0.25, 0.3) is 6.43 Å². The van der Waals surface area contributed by atoms with E-state index in [0.717, 1.165) is 0 Å². The topological polar surface area (TPSA) is 154 Å². The van der Waals surface area contributed by atoms with Gasteiger partial charge in [0.15, 0.2) is 24.0 Å². The number of hydrogen-bond donors (Lipinski definition) is 2. The van der Waals surface area contributed by atoms with Crippen LogP contribution in [0.25, 0.3) is 0 Å². The molecular formula is C24H23F5N3O9P. The maximum absolute atomic E-state index is 15.4. The van der Waals surface area contributed by atoms with Crippen LogP contribution >= 0.6 is 7.82 Å². The molecule has 12 nitrogen and oxygen atoms in total. The second-order valence-corrected chi connectivity index (χ2v) is 10.2. The fourth-order valence-corrected chi connectivity index (χ4v) is 5.06. The molecule has 1 aromatic heterocycles. The van der Waals surface area contributed by atoms with Gasteiger partial charge in [-0.15, -0.1) is 0 Å². The number of nitrogen functional groups attached to an aromatic ring is 1. The van der Waals surface area contributed by atoms with E-state index in [4.69, 9.17) is 33.5 Å². The monoisotopic (exact) mass is 623 g/mol. The summed E-state index contributed by atoms with van der Waals surface area (Å²) >= 11 is 0. The van der Waals surface area contributed by atoms with E-state index in [1.165, 1.54) is 62.8 Å². The SMILES string of the molecule is COc1ccc(OP(=O)(OC[C@@]2(C(F)F)O[C@@H](n3cc(F)c(N)nc3=O)C(O)C2(F)F)Oc2ccc(OC)cc2)cc1. The number of rotatable bonds is 11. The van der Waals surface area contributed by atoms with Crippen molar-refractivity contribution in [3.05, 3.63) is 71.0 Å². The number of phosphoric acid groups is 1. The number of alkyl halides is 4. The van der Waals surface area contributed by atoms with E-state index in [2.05, 4.69) is 4.98 Å². The van der Waals surface area contributed by atoms with Gasteiger partial charge < -0.3 is 34.1 Å². The fraction of sp³-hybridized carbons (Fsp3) is 0.333. The molecular weight excluding hydrogens is 600 g/mol. The van der Waals surface area contributed by atoms with Gasteiger partial charge in [0.2, 0.25) is 5.60 Å². The van der Waals surface area contributed by atoms with Crippen LogP contribution < -0.4 is 29.9 Å². The number of nitrogens with two attached hydrogens (primary N) is 1. The van der Waals surface area contributed by atoms with Gasteiger partial charge in [-0.2, -0.15) is 13.8 Å². The van der Waals surface area contributed by atoms with Crippen LogP contribution in [-0.2, 0) is 13.8 Å². The minimum absolute atomic E-state index is 0.0235. The highest BCUT2D eigenvalue weighted by atomic mass is 31.2. The number of aliphatic hydroxyl groups is 1. The van der Waals surface area contributed by atoms with Gasteiger partial charge in [-0.3, -0.25) is 9.09 Å². The number of nitrogens with zero attached hydrogens (tertiary/aromatic N) is 2. The lowest BCUT2D eigenvalue weighted by atomic mass is 9.95. The predicted molar refractivity (Wildman–Crippen MR) is 133 cm³/mol. The Labute approximate surface area is 233 Å². The van der Waals surface area contributed by atoms with E-state index < -0.39 is 62.0 Å². The first-order valence-electron chi connectivity index (χ1n) is 11.7. The molecule has 1 aliphatic rings. The first-order valence-corrected chi connectivity index (χ1v) is 13.2. The fourth-order valence-electron chi connectivity index (χ4n) is 3.80. The van der Waals surface area contributed by atoms with Crippen molar-refractivity contribution in [2.24, 2.45) is 0 Å². The third-order valence-corrected chi connectivity index (χ3v) is 7.40. The third kappa shape index (κ3) is 5.86. The van der Waals surface area contributed by atoms with Crippen molar-refractivity contribution < 1.29 is 59.4 Å². The quantitative estimate of drug-likeness (QED) is 0.237. The highest BCUT2D eigenvalue weighted by Crippen LogP contribution is 2.56. The van der Waals surface area contributed by atoms with Crippen molar-refractivity contribution in [1.29, 1.82) is 0 Å². The normalized spacial score (nSPS) is 21.7. The molecule has 1 unspecified atom stereocenters. The number of aliphatic hydroxyl groups excluding tert-OH is 1. The molecule has 18 heteroatoms. The Balaban J connectivity index is 1.69. The molecule has 0 saturated carbocycles. The summed E-state index contributed by atoms with van der Waals surface area (Å²) in [5.41, 5.74) is -0.366. The molecule has 1 saturated heterocycles. The maximum Gasteiger partial charge on any atom is 0.587 e. The summed E-state index contributed by atoms with van der Waals surface area (Å²) in [4.78, 5) is 15.2. The van der Waals surface area contributed by atoms with Gasteiger partial charge in [0, 0.05) is 0 Å². The number of aromatic nitrogens is 2. The van der Waals surface area contributed by atoms with Crippen LogP contribution in [0.2, 0.25) is 0 Å². The van der Waals surface area contributed by atoms with Crippen LogP contribution in [0.1, 0.15) is 6.23 Å². The second kappa shape index (κ2) is 11.8. The lowest BCUT2D eigenvalue weighted by Crippen LogP contribution is -2.57. The minimum Gasteiger partial charge on any atom is -0.497 e. The van der Waals surface area contributed by atoms with Gasteiger partial charge in [-0.1, -0.05) is 0 Å². The van der Waals surface area contributed by atoms with Crippen LogP contribution in [0.5, 0.6) is 23.0 Å². The van der Waals surface area contributed by atoms with Crippen molar-refractivity contribution in [3.63, 3.8) is 0 Å². The van der Waals surface area contributed by atoms with E-state index in [9.17, 15) is 27.6 Å². The predicted octanol–water partition coefficient (Wildman–Crippen LogP) is 3.79. The molecule has 4 rings (SSSR count). The minimum atomic E-state index is -5.10. The van der Waals surface area contributed by atoms with E-state index in [1.807, 2.05) is 0 Å². The zero-order chi connectivity index (χ0) is 30.9. The molecule has 0 aliphatic carbocycles. The molecule has 228 valence electrons. The Kier molecular flexibility index (Phi) is 8.68. The van der Waals surface area contributed by atoms with Crippen molar-refractivity contribution >= 4 is 13.6 Å². The van der Waals surface area contributed by atoms with Crippen LogP contribution in [0.4, 0.5) is 27.8 Å². The van der Waals surface area contributed by atoms with Crippen molar-refractivity contribution in [3.8, 4) is 23.0 Å². The van der Waals surface area contributed by atoms with E-state index in [1.54, 1.807) is 0 Å². The number of ether oxygens (including phenoxy) is 3. The first kappa shape index (κ1) is 31.0. The van der Waals surface area contributed by atoms with Gasteiger partial charge in [0.1, 0.15) is 29.6 Å². The maximum atomic E-state index is 15.4. The summed E-state index contributed by atoms with van der Waals surface area (Å²) in [6.45, 7) is -1.91. The molecule has 0 radical (unpaired) electrons. The smallest absolute Gasteiger partial charge is 0.497 e. The number of anilines is 1. The van der Waals surface area contributed by atoms with Crippen LogP contribution in [0, 0.1) is 5.82 Å². The molecule has 1 aliphatic heterocycles. The molecule has 3 N–H and O–H groups in total. The van der Waals surface area contributed by atoms with Gasteiger partial charge in [0.05, 0.1) is 20.4 Å². The van der Waals surface area contributed by atoms with E-state index in [0.29, 0.717) is 11.5 Å². The number of hydrogen-bond acceptors (Lipinski definition) is 11. The van der Waals surface area contributed by atoms with Crippen molar-refractivity contribution in [1.82, 2.24) is 9.55 Å². The molecule has 0 bridgehead atoms. The average Bonchev–Trinajstić information content (AvgIpc) is 3.16. The second-order valence-electron chi connectivity index (χ2n) is 8.68. The molecule has 42 heavy (non-hydrogen) atoms. The van der Waals surface area contributed by atoms with Crippen molar-refractivity contribution in [2.45, 2.75) is 30.3 Å². The van der Waals surface area contributed by atoms with E-state index >= 15 is 8.78 Å². The summed E-state index contributed by atoms with van der Waals surface area (Å²) in [6.07, 6.45) is -9.62. The van der Waals surface area contributed by atoms with Gasteiger partial charge in [-0.05, 0) is 48.5 Å². The summed E-state index contributed by atoms with van der Waals surface area (Å²) in [5, 5.41) is 10.3. The zero-order valence-corrected chi connectivity index (χ0v) is 22.6. The van der Waals surface area contributed by atoms with Crippen LogP contribution in [0.3, 0.4) is 0 Å². The molecule has 2 heterocycles. The Morgan fingerprint density at radius 2 is 1.50 bits per heavy atom. The zero-order valence-electron chi connectivity index (χ0n) is 21.7. The van der Waals surface area contributed by atoms with Crippen molar-refractivity contribution in [2.75, 3.05) is 26.6 Å². The lowest BCUT2D eigenvalue weighted by Gasteiger charge is -2.33. The molecule has 0 amide bonds. The first-order chi connectivity index (χ1) is 19.7. The van der Waals surface area contributed by atoms with Gasteiger partial charge in [-0.25, -0.2) is 22.5 Å². The molecule has 3 aromatic rings. The Morgan fingerprint density at radius 1 is 1.02 bits per heavy atom. The van der Waals surface area contributed by atoms with Crippen LogP contribution in [0.15, 0.2) is 59.5 Å². The number of benzene rings is 2. The average molecular weight is 623 g/mol. The summed E-state index contributed by atoms with van der Waals surface area (Å²) in [5.74, 6) is -6.87.